The summed E-state index contributed by atoms with van der Waals surface area (Å²) in [7, 11) is -2.35. The highest BCUT2D eigenvalue weighted by Crippen LogP contribution is 2.43. The number of methoxy groups -OCH3 is 1. The van der Waals surface area contributed by atoms with Gasteiger partial charge in [-0.1, -0.05) is 12.1 Å². The number of ether oxygens (including phenoxy) is 3. The smallest absolute Gasteiger partial charge is 0.261 e. The van der Waals surface area contributed by atoms with Gasteiger partial charge in [0.05, 0.1) is 18.0 Å². The fourth-order valence-electron chi connectivity index (χ4n) is 4.06. The molecule has 1 aliphatic heterocycles. The molecule has 1 atom stereocenters. The third kappa shape index (κ3) is 5.19. The molecule has 0 bridgehead atoms. The molecule has 2 N–H and O–H groups in total. The molecule has 0 saturated heterocycles. The van der Waals surface area contributed by atoms with Crippen molar-refractivity contribution in [2.24, 2.45) is 5.92 Å². The first-order valence-corrected chi connectivity index (χ1v) is 12.9. The first-order chi connectivity index (χ1) is 16.9. The minimum atomic E-state index is -3.89. The summed E-state index contributed by atoms with van der Waals surface area (Å²) >= 11 is 0. The lowest BCUT2D eigenvalue weighted by Crippen LogP contribution is -2.30. The Bertz CT molecular complexity index is 1340. The maximum atomic E-state index is 13.2. The zero-order chi connectivity index (χ0) is 24.4. The van der Waals surface area contributed by atoms with Crippen molar-refractivity contribution in [1.82, 2.24) is 5.32 Å². The summed E-state index contributed by atoms with van der Waals surface area (Å²) in [6, 6.07) is 18.1. The molecule has 8 nitrogen and oxygen atoms in total. The number of benzene rings is 3. The van der Waals surface area contributed by atoms with Crippen LogP contribution in [0.3, 0.4) is 0 Å². The number of carbonyl (C=O) groups is 1. The van der Waals surface area contributed by atoms with E-state index in [1.54, 1.807) is 36.4 Å². The molecule has 0 radical (unpaired) electrons. The summed E-state index contributed by atoms with van der Waals surface area (Å²) in [5.74, 6) is 1.98. The number of rotatable bonds is 8. The van der Waals surface area contributed by atoms with E-state index in [1.807, 2.05) is 18.2 Å². The third-order valence-electron chi connectivity index (χ3n) is 6.05. The lowest BCUT2D eigenvalue weighted by molar-refractivity contribution is 0.0931. The minimum absolute atomic E-state index is 0.00303. The second-order valence-corrected chi connectivity index (χ2v) is 10.2. The fraction of sp³-hybridized carbons (Fsp3) is 0.269. The average Bonchev–Trinajstić information content (AvgIpc) is 3.72. The van der Waals surface area contributed by atoms with E-state index < -0.39 is 10.0 Å². The van der Waals surface area contributed by atoms with Gasteiger partial charge in [0.2, 0.25) is 0 Å². The number of anilines is 1. The molecule has 1 saturated carbocycles. The predicted molar refractivity (Wildman–Crippen MR) is 131 cm³/mol. The molecule has 182 valence electrons. The van der Waals surface area contributed by atoms with Crippen LogP contribution >= 0.6 is 0 Å². The molecule has 1 amide bonds. The van der Waals surface area contributed by atoms with Gasteiger partial charge >= 0.3 is 0 Å². The van der Waals surface area contributed by atoms with E-state index >= 15 is 0 Å². The van der Waals surface area contributed by atoms with Crippen LogP contribution in [-0.2, 0) is 10.0 Å². The van der Waals surface area contributed by atoms with E-state index in [9.17, 15) is 13.2 Å². The molecule has 0 aromatic heterocycles. The first-order valence-electron chi connectivity index (χ1n) is 11.4. The van der Waals surface area contributed by atoms with E-state index in [2.05, 4.69) is 10.0 Å². The molecule has 0 spiro atoms. The Morgan fingerprint density at radius 3 is 2.43 bits per heavy atom. The minimum Gasteiger partial charge on any atom is -0.497 e. The Balaban J connectivity index is 1.34. The van der Waals surface area contributed by atoms with Crippen molar-refractivity contribution in [1.29, 1.82) is 0 Å². The summed E-state index contributed by atoms with van der Waals surface area (Å²) in [6.45, 7) is 1.00. The highest BCUT2D eigenvalue weighted by molar-refractivity contribution is 7.92. The van der Waals surface area contributed by atoms with Crippen LogP contribution in [0.15, 0.2) is 71.6 Å². The van der Waals surface area contributed by atoms with E-state index in [0.29, 0.717) is 42.1 Å². The molecule has 35 heavy (non-hydrogen) atoms. The Kier molecular flexibility index (Phi) is 6.25. The Morgan fingerprint density at radius 1 is 0.971 bits per heavy atom. The summed E-state index contributed by atoms with van der Waals surface area (Å²) in [4.78, 5) is 13.2. The van der Waals surface area contributed by atoms with Crippen LogP contribution in [0.25, 0.3) is 0 Å². The summed E-state index contributed by atoms with van der Waals surface area (Å²) in [6.07, 6.45) is 2.03. The van der Waals surface area contributed by atoms with Gasteiger partial charge < -0.3 is 19.5 Å². The quantitative estimate of drug-likeness (QED) is 0.488. The van der Waals surface area contributed by atoms with Crippen molar-refractivity contribution in [2.75, 3.05) is 25.0 Å². The van der Waals surface area contributed by atoms with E-state index in [-0.39, 0.29) is 22.4 Å². The van der Waals surface area contributed by atoms with E-state index in [4.69, 9.17) is 14.2 Å². The normalized spacial score (nSPS) is 15.7. The van der Waals surface area contributed by atoms with Gasteiger partial charge in [0.25, 0.3) is 15.9 Å². The number of amides is 1. The SMILES string of the molecule is COc1ccc(NS(=O)(=O)c2cccc(C(=O)NC(c3ccc4c(c3)OCCO4)C3CC3)c2)cc1. The van der Waals surface area contributed by atoms with Crippen LogP contribution in [0.2, 0.25) is 0 Å². The highest BCUT2D eigenvalue weighted by Gasteiger charge is 2.34. The number of hydrogen-bond acceptors (Lipinski definition) is 6. The van der Waals surface area contributed by atoms with E-state index in [0.717, 1.165) is 18.4 Å². The van der Waals surface area contributed by atoms with Crippen LogP contribution in [-0.4, -0.2) is 34.6 Å². The average molecular weight is 495 g/mol. The highest BCUT2D eigenvalue weighted by atomic mass is 32.2. The van der Waals surface area contributed by atoms with Gasteiger partial charge in [-0.2, -0.15) is 0 Å². The van der Waals surface area contributed by atoms with Crippen molar-refractivity contribution in [3.8, 4) is 17.2 Å². The molecule has 3 aromatic rings. The second-order valence-electron chi connectivity index (χ2n) is 8.55. The van der Waals surface area contributed by atoms with Crippen LogP contribution in [0.4, 0.5) is 5.69 Å². The number of sulfonamides is 1. The molecule has 1 aliphatic carbocycles. The maximum Gasteiger partial charge on any atom is 0.261 e. The van der Waals surface area contributed by atoms with Gasteiger partial charge in [0, 0.05) is 11.3 Å². The zero-order valence-corrected chi connectivity index (χ0v) is 20.0. The molecule has 1 unspecified atom stereocenters. The lowest BCUT2D eigenvalue weighted by atomic mass is 10.0. The van der Waals surface area contributed by atoms with Gasteiger partial charge in [0.1, 0.15) is 19.0 Å². The van der Waals surface area contributed by atoms with Crippen LogP contribution < -0.4 is 24.2 Å². The zero-order valence-electron chi connectivity index (χ0n) is 19.2. The predicted octanol–water partition coefficient (Wildman–Crippen LogP) is 4.15. The Morgan fingerprint density at radius 2 is 1.71 bits per heavy atom. The van der Waals surface area contributed by atoms with Gasteiger partial charge in [0.15, 0.2) is 11.5 Å². The van der Waals surface area contributed by atoms with Crippen LogP contribution in [0.1, 0.15) is 34.8 Å². The number of fused-ring (bicyclic) bond motifs is 1. The maximum absolute atomic E-state index is 13.2. The van der Waals surface area contributed by atoms with Gasteiger partial charge in [-0.15, -0.1) is 0 Å². The molecule has 5 rings (SSSR count). The standard InChI is InChI=1S/C26H26N2O6S/c1-32-21-10-8-20(9-11-21)28-35(30,31)22-4-2-3-19(15-22)26(29)27-25(17-5-6-17)18-7-12-23-24(16-18)34-14-13-33-23/h2-4,7-12,15-17,25,28H,5-6,13-14H2,1H3,(H,27,29). The first kappa shape index (κ1) is 23.0. The second kappa shape index (κ2) is 9.50. The van der Waals surface area contributed by atoms with Crippen molar-refractivity contribution in [3.63, 3.8) is 0 Å². The van der Waals surface area contributed by atoms with Gasteiger partial charge in [-0.3, -0.25) is 9.52 Å². The lowest BCUT2D eigenvalue weighted by Gasteiger charge is -2.23. The molecule has 1 heterocycles. The summed E-state index contributed by atoms with van der Waals surface area (Å²) in [5.41, 5.74) is 1.61. The van der Waals surface area contributed by atoms with Crippen molar-refractivity contribution in [2.45, 2.75) is 23.8 Å². The van der Waals surface area contributed by atoms with Crippen molar-refractivity contribution >= 4 is 21.6 Å². The molecular weight excluding hydrogens is 468 g/mol. The molecular formula is C26H26N2O6S. The Labute approximate surface area is 204 Å². The van der Waals surface area contributed by atoms with Crippen molar-refractivity contribution < 1.29 is 27.4 Å². The molecule has 9 heteroatoms. The summed E-state index contributed by atoms with van der Waals surface area (Å²) in [5, 5.41) is 3.09. The number of nitrogens with one attached hydrogen (secondary N) is 2. The van der Waals surface area contributed by atoms with E-state index in [1.165, 1.54) is 19.2 Å². The molecule has 2 aliphatic rings. The topological polar surface area (TPSA) is 103 Å². The Hall–Kier alpha value is -3.72. The molecule has 1 fully saturated rings. The monoisotopic (exact) mass is 494 g/mol. The summed E-state index contributed by atoms with van der Waals surface area (Å²) < 4.78 is 44.8. The van der Waals surface area contributed by atoms with Crippen LogP contribution in [0, 0.1) is 5.92 Å². The fourth-order valence-corrected chi connectivity index (χ4v) is 5.16. The number of hydrogen-bond donors (Lipinski definition) is 2. The largest absolute Gasteiger partial charge is 0.497 e. The molecule has 3 aromatic carbocycles. The number of carbonyl (C=O) groups excluding carboxylic acids is 1. The third-order valence-corrected chi connectivity index (χ3v) is 7.43. The van der Waals surface area contributed by atoms with Gasteiger partial charge in [-0.05, 0) is 78.9 Å². The van der Waals surface area contributed by atoms with Gasteiger partial charge in [-0.25, -0.2) is 8.42 Å². The van der Waals surface area contributed by atoms with Crippen LogP contribution in [0.5, 0.6) is 17.2 Å². The van der Waals surface area contributed by atoms with Crippen molar-refractivity contribution in [3.05, 3.63) is 77.9 Å².